The molecule has 0 aromatic heterocycles. The molecular formula is C22H17NO3S. The zero-order valence-corrected chi connectivity index (χ0v) is 15.2. The number of carbonyl (C=O) groups is 2. The molecule has 4 rings (SSSR count). The van der Waals surface area contributed by atoms with Gasteiger partial charge in [0.25, 0.3) is 5.91 Å². The van der Waals surface area contributed by atoms with E-state index in [-0.39, 0.29) is 17.1 Å². The van der Waals surface area contributed by atoms with Crippen LogP contribution in [0.1, 0.15) is 15.9 Å². The molecule has 0 fully saturated rings. The average Bonchev–Trinajstić information content (AvgIpc) is 3.14. The van der Waals surface area contributed by atoms with Crippen molar-refractivity contribution in [3.8, 4) is 5.75 Å². The molecule has 1 unspecified atom stereocenters. The smallest absolute Gasteiger partial charge is 0.325 e. The van der Waals surface area contributed by atoms with E-state index in [1.165, 1.54) is 5.56 Å². The zero-order chi connectivity index (χ0) is 18.6. The van der Waals surface area contributed by atoms with Gasteiger partial charge in [0.2, 0.25) is 0 Å². The summed E-state index contributed by atoms with van der Waals surface area (Å²) in [6.07, 6.45) is 0.685. The average molecular weight is 375 g/mol. The Kier molecular flexibility index (Phi) is 4.94. The maximum atomic E-state index is 12.4. The minimum Gasteiger partial charge on any atom is -0.426 e. The van der Waals surface area contributed by atoms with Crippen molar-refractivity contribution in [1.82, 2.24) is 0 Å². The number of benzene rings is 3. The Morgan fingerprint density at radius 2 is 1.59 bits per heavy atom. The predicted octanol–water partition coefficient (Wildman–Crippen LogP) is 4.56. The van der Waals surface area contributed by atoms with Crippen LogP contribution < -0.4 is 10.1 Å². The molecule has 5 heteroatoms. The van der Waals surface area contributed by atoms with E-state index >= 15 is 0 Å². The van der Waals surface area contributed by atoms with Crippen LogP contribution in [0.4, 0.5) is 5.69 Å². The van der Waals surface area contributed by atoms with Gasteiger partial charge < -0.3 is 10.1 Å². The van der Waals surface area contributed by atoms with Gasteiger partial charge in [0.15, 0.2) is 0 Å². The summed E-state index contributed by atoms with van der Waals surface area (Å²) >= 11 is 1.54. The number of amides is 1. The monoisotopic (exact) mass is 375 g/mol. The summed E-state index contributed by atoms with van der Waals surface area (Å²) in [6.45, 7) is 0. The summed E-state index contributed by atoms with van der Waals surface area (Å²) in [4.78, 5) is 25.7. The second kappa shape index (κ2) is 7.68. The van der Waals surface area contributed by atoms with E-state index in [2.05, 4.69) is 5.32 Å². The van der Waals surface area contributed by atoms with Gasteiger partial charge in [0.05, 0.1) is 0 Å². The quantitative estimate of drug-likeness (QED) is 0.536. The lowest BCUT2D eigenvalue weighted by molar-refractivity contribution is -0.133. The molecule has 0 bridgehead atoms. The zero-order valence-electron chi connectivity index (χ0n) is 14.4. The van der Waals surface area contributed by atoms with Gasteiger partial charge >= 0.3 is 5.97 Å². The molecule has 3 aromatic rings. The molecule has 1 atom stereocenters. The van der Waals surface area contributed by atoms with Crippen LogP contribution in [0.15, 0.2) is 83.8 Å². The first kappa shape index (κ1) is 17.4. The molecule has 1 N–H and O–H groups in total. The molecule has 0 saturated carbocycles. The van der Waals surface area contributed by atoms with Crippen LogP contribution >= 0.6 is 11.8 Å². The first-order chi connectivity index (χ1) is 13.2. The van der Waals surface area contributed by atoms with Crippen molar-refractivity contribution in [1.29, 1.82) is 0 Å². The van der Waals surface area contributed by atoms with Gasteiger partial charge in [-0.25, -0.2) is 0 Å². The summed E-state index contributed by atoms with van der Waals surface area (Å²) in [5.74, 6) is 0.0343. The molecule has 0 radical (unpaired) electrons. The molecule has 1 aliphatic heterocycles. The first-order valence-corrected chi connectivity index (χ1v) is 9.50. The van der Waals surface area contributed by atoms with Gasteiger partial charge in [-0.2, -0.15) is 0 Å². The molecular weight excluding hydrogens is 358 g/mol. The highest BCUT2D eigenvalue weighted by Gasteiger charge is 2.29. The molecule has 3 aromatic carbocycles. The van der Waals surface area contributed by atoms with E-state index < -0.39 is 0 Å². The van der Waals surface area contributed by atoms with Gasteiger partial charge in [0.1, 0.15) is 11.0 Å². The van der Waals surface area contributed by atoms with E-state index in [1.807, 2.05) is 42.5 Å². The summed E-state index contributed by atoms with van der Waals surface area (Å²) in [5, 5.41) is 2.60. The van der Waals surface area contributed by atoms with Gasteiger partial charge in [-0.1, -0.05) is 36.4 Å². The summed E-state index contributed by atoms with van der Waals surface area (Å²) in [7, 11) is 0. The fraction of sp³-hybridized carbons (Fsp3) is 0.0909. The number of ether oxygens (including phenoxy) is 1. The third-order valence-corrected chi connectivity index (χ3v) is 5.57. The number of rotatable bonds is 4. The number of hydrogen-bond acceptors (Lipinski definition) is 4. The number of hydrogen-bond donors (Lipinski definition) is 1. The normalized spacial score (nSPS) is 15.0. The van der Waals surface area contributed by atoms with E-state index in [4.69, 9.17) is 4.74 Å². The molecule has 4 nitrogen and oxygen atoms in total. The van der Waals surface area contributed by atoms with E-state index in [0.717, 1.165) is 4.90 Å². The Labute approximate surface area is 161 Å². The Balaban J connectivity index is 1.36. The van der Waals surface area contributed by atoms with Crippen LogP contribution in [0.2, 0.25) is 0 Å². The van der Waals surface area contributed by atoms with Crippen LogP contribution in [-0.4, -0.2) is 17.1 Å². The number of anilines is 1. The molecule has 1 heterocycles. The summed E-state index contributed by atoms with van der Waals surface area (Å²) < 4.78 is 5.50. The van der Waals surface area contributed by atoms with Crippen molar-refractivity contribution in [2.24, 2.45) is 0 Å². The number of fused-ring (bicyclic) bond motifs is 1. The fourth-order valence-corrected chi connectivity index (χ4v) is 4.07. The number of nitrogens with one attached hydrogen (secondary N) is 1. The van der Waals surface area contributed by atoms with Crippen molar-refractivity contribution >= 4 is 29.3 Å². The lowest BCUT2D eigenvalue weighted by Gasteiger charge is -2.10. The summed E-state index contributed by atoms with van der Waals surface area (Å²) in [6, 6.07) is 23.8. The molecule has 27 heavy (non-hydrogen) atoms. The SMILES string of the molecule is O=C(Nc1ccc(OC(=O)C2Cc3ccccc3S2)cc1)c1ccccc1. The van der Waals surface area contributed by atoms with E-state index in [1.54, 1.807) is 48.2 Å². The number of esters is 1. The lowest BCUT2D eigenvalue weighted by Crippen LogP contribution is -2.22. The maximum absolute atomic E-state index is 12.4. The van der Waals surface area contributed by atoms with Crippen molar-refractivity contribution in [3.63, 3.8) is 0 Å². The van der Waals surface area contributed by atoms with Crippen molar-refractivity contribution in [2.75, 3.05) is 5.32 Å². The molecule has 134 valence electrons. The molecule has 1 amide bonds. The van der Waals surface area contributed by atoms with Gasteiger partial charge in [-0.3, -0.25) is 9.59 Å². The standard InChI is InChI=1S/C22H17NO3S/c24-21(15-6-2-1-3-7-15)23-17-10-12-18(13-11-17)26-22(25)20-14-16-8-4-5-9-19(16)27-20/h1-13,20H,14H2,(H,23,24). The van der Waals surface area contributed by atoms with Crippen molar-refractivity contribution in [3.05, 3.63) is 90.0 Å². The first-order valence-electron chi connectivity index (χ1n) is 8.62. The number of carbonyl (C=O) groups excluding carboxylic acids is 2. The highest BCUT2D eigenvalue weighted by Crippen LogP contribution is 2.37. The number of thioether (sulfide) groups is 1. The maximum Gasteiger partial charge on any atom is 0.325 e. The third-order valence-electron chi connectivity index (χ3n) is 4.28. The van der Waals surface area contributed by atoms with E-state index in [9.17, 15) is 9.59 Å². The van der Waals surface area contributed by atoms with E-state index in [0.29, 0.717) is 23.4 Å². The van der Waals surface area contributed by atoms with Gasteiger partial charge in [0, 0.05) is 16.1 Å². The summed E-state index contributed by atoms with van der Waals surface area (Å²) in [5.41, 5.74) is 2.42. The van der Waals surface area contributed by atoms with Gasteiger partial charge in [-0.15, -0.1) is 11.8 Å². The molecule has 0 saturated heterocycles. The predicted molar refractivity (Wildman–Crippen MR) is 106 cm³/mol. The van der Waals surface area contributed by atoms with Crippen LogP contribution in [0.25, 0.3) is 0 Å². The van der Waals surface area contributed by atoms with Crippen LogP contribution in [0.3, 0.4) is 0 Å². The second-order valence-corrected chi connectivity index (χ2v) is 7.43. The van der Waals surface area contributed by atoms with Crippen LogP contribution in [0.5, 0.6) is 5.75 Å². The second-order valence-electron chi connectivity index (χ2n) is 6.18. The minimum atomic E-state index is -0.253. The minimum absolute atomic E-state index is 0.180. The topological polar surface area (TPSA) is 55.4 Å². The van der Waals surface area contributed by atoms with Crippen molar-refractivity contribution < 1.29 is 14.3 Å². The third kappa shape index (κ3) is 4.04. The largest absolute Gasteiger partial charge is 0.426 e. The Morgan fingerprint density at radius 3 is 2.33 bits per heavy atom. The van der Waals surface area contributed by atoms with Crippen LogP contribution in [0, 0.1) is 0 Å². The van der Waals surface area contributed by atoms with Gasteiger partial charge in [-0.05, 0) is 54.4 Å². The Bertz CT molecular complexity index is 945. The fourth-order valence-electron chi connectivity index (χ4n) is 2.89. The van der Waals surface area contributed by atoms with Crippen LogP contribution in [-0.2, 0) is 11.2 Å². The highest BCUT2D eigenvalue weighted by atomic mass is 32.2. The Hall–Kier alpha value is -3.05. The molecule has 0 spiro atoms. The Morgan fingerprint density at radius 1 is 0.889 bits per heavy atom. The molecule has 0 aliphatic carbocycles. The highest BCUT2D eigenvalue weighted by molar-refractivity contribution is 8.01. The lowest BCUT2D eigenvalue weighted by atomic mass is 10.1. The van der Waals surface area contributed by atoms with Crippen molar-refractivity contribution in [2.45, 2.75) is 16.6 Å². The molecule has 1 aliphatic rings.